The molecule has 43 heavy (non-hydrogen) atoms. The third-order valence-electron chi connectivity index (χ3n) is 7.68. The van der Waals surface area contributed by atoms with Gasteiger partial charge in [0.2, 0.25) is 0 Å². The second-order valence-electron chi connectivity index (χ2n) is 11.6. The number of hydrogen-bond donors (Lipinski definition) is 0. The Labute approximate surface area is 267 Å². The summed E-state index contributed by atoms with van der Waals surface area (Å²) in [4.78, 5) is 8.93. The van der Waals surface area contributed by atoms with Crippen LogP contribution in [0.3, 0.4) is 0 Å². The summed E-state index contributed by atoms with van der Waals surface area (Å²) in [6.07, 6.45) is 5.96. The Morgan fingerprint density at radius 3 is 2.37 bits per heavy atom. The van der Waals surface area contributed by atoms with E-state index in [1.54, 1.807) is 0 Å². The molecular weight excluding hydrogens is 712 g/mol. The predicted molar refractivity (Wildman–Crippen MR) is 171 cm³/mol. The molecule has 0 saturated heterocycles. The Bertz CT molecular complexity index is 1970. The van der Waals surface area contributed by atoms with Crippen molar-refractivity contribution in [2.75, 3.05) is 9.80 Å². The molecule has 4 aromatic carbocycles. The molecule has 0 saturated carbocycles. The van der Waals surface area contributed by atoms with Crippen LogP contribution < -0.4 is 14.5 Å². The molecule has 1 aliphatic heterocycles. The zero-order valence-electron chi connectivity index (χ0n) is 24.5. The van der Waals surface area contributed by atoms with Crippen LogP contribution in [-0.2, 0) is 26.5 Å². The largest absolute Gasteiger partial charge is 0.509 e. The van der Waals surface area contributed by atoms with E-state index in [1.807, 2.05) is 54.4 Å². The quantitative estimate of drug-likeness (QED) is 0.165. The number of aryl methyl sites for hydroxylation is 1. The number of rotatable bonds is 5. The Morgan fingerprint density at radius 2 is 1.53 bits per heavy atom. The van der Waals surface area contributed by atoms with Crippen LogP contribution in [0.5, 0.6) is 11.5 Å². The van der Waals surface area contributed by atoms with Crippen LogP contribution >= 0.6 is 0 Å². The van der Waals surface area contributed by atoms with Crippen molar-refractivity contribution in [3.63, 3.8) is 0 Å². The van der Waals surface area contributed by atoms with Crippen LogP contribution in [0.25, 0.3) is 27.6 Å². The summed E-state index contributed by atoms with van der Waals surface area (Å²) in [6.45, 7) is 10.8. The van der Waals surface area contributed by atoms with E-state index in [-0.39, 0.29) is 26.5 Å². The summed E-state index contributed by atoms with van der Waals surface area (Å²) in [7, 11) is 0. The molecule has 0 spiro atoms. The van der Waals surface area contributed by atoms with Crippen molar-refractivity contribution in [3.8, 4) is 17.3 Å². The van der Waals surface area contributed by atoms with E-state index < -0.39 is 0 Å². The summed E-state index contributed by atoms with van der Waals surface area (Å²) in [5.74, 6) is 2.11. The van der Waals surface area contributed by atoms with Crippen molar-refractivity contribution in [2.24, 2.45) is 0 Å². The maximum atomic E-state index is 6.36. The van der Waals surface area contributed by atoms with Gasteiger partial charge in [0.1, 0.15) is 5.82 Å². The van der Waals surface area contributed by atoms with Gasteiger partial charge in [-0.05, 0) is 65.5 Å². The Kier molecular flexibility index (Phi) is 7.62. The Balaban J connectivity index is 0.00000329. The van der Waals surface area contributed by atoms with Crippen LogP contribution in [-0.4, -0.2) is 9.55 Å². The van der Waals surface area contributed by atoms with Gasteiger partial charge in [-0.3, -0.25) is 0 Å². The number of fused-ring (bicyclic) bond motifs is 3. The Morgan fingerprint density at radius 1 is 0.767 bits per heavy atom. The molecule has 0 amide bonds. The topological polar surface area (TPSA) is 33.5 Å². The van der Waals surface area contributed by atoms with E-state index in [2.05, 4.69) is 116 Å². The van der Waals surface area contributed by atoms with Gasteiger partial charge in [0, 0.05) is 50.0 Å². The number of ether oxygens (including phenoxy) is 1. The average molecular weight is 743 g/mol. The molecule has 0 unspecified atom stereocenters. The fourth-order valence-corrected chi connectivity index (χ4v) is 5.44. The SMILES string of the molecule is Cc1ccccc1N1C=CN(c2[c-]c(Oc3[c-]c4c(cc3)c3ccccc3n4-c3cc(C(C)(C)C)ccn3)ccc2)[CH-]1.[Pt]. The molecule has 0 atom stereocenters. The van der Waals surface area contributed by atoms with Crippen molar-refractivity contribution in [1.82, 2.24) is 9.55 Å². The number of anilines is 2. The number of nitrogens with zero attached hydrogens (tertiary/aromatic N) is 4. The van der Waals surface area contributed by atoms with Gasteiger partial charge in [0.05, 0.1) is 0 Å². The standard InChI is InChI=1S/C37H31N4O.Pt/c1-26-10-5-7-14-33(26)40-21-20-39(25-40)28-11-9-12-29(23-28)42-30-16-17-32-31-13-6-8-15-34(31)41(35(32)24-30)36-22-27(18-19-38-36)37(2,3)4;/h5-22,25H,1-4H3;/q-3;. The molecule has 5 nitrogen and oxygen atoms in total. The maximum Gasteiger partial charge on any atom is 0.135 e. The van der Waals surface area contributed by atoms with Gasteiger partial charge in [0.15, 0.2) is 0 Å². The van der Waals surface area contributed by atoms with Crippen molar-refractivity contribution < 1.29 is 25.8 Å². The van der Waals surface area contributed by atoms with Crippen LogP contribution in [0.15, 0.2) is 110 Å². The molecule has 0 fully saturated rings. The van der Waals surface area contributed by atoms with Crippen LogP contribution in [0, 0.1) is 25.7 Å². The van der Waals surface area contributed by atoms with Crippen LogP contribution in [0.1, 0.15) is 31.9 Å². The molecule has 6 heteroatoms. The molecule has 0 aliphatic carbocycles. The third kappa shape index (κ3) is 5.46. The summed E-state index contributed by atoms with van der Waals surface area (Å²) >= 11 is 0. The molecule has 218 valence electrons. The van der Waals surface area contributed by atoms with E-state index in [9.17, 15) is 0 Å². The van der Waals surface area contributed by atoms with E-state index in [1.165, 1.54) is 11.1 Å². The van der Waals surface area contributed by atoms with Crippen molar-refractivity contribution >= 4 is 33.2 Å². The van der Waals surface area contributed by atoms with Gasteiger partial charge >= 0.3 is 0 Å². The van der Waals surface area contributed by atoms with E-state index in [0.717, 1.165) is 39.0 Å². The molecule has 2 aromatic heterocycles. The zero-order valence-corrected chi connectivity index (χ0v) is 26.8. The summed E-state index contributed by atoms with van der Waals surface area (Å²) in [6, 6.07) is 38.0. The first-order valence-electron chi connectivity index (χ1n) is 14.1. The van der Waals surface area contributed by atoms with E-state index in [4.69, 9.17) is 9.72 Å². The van der Waals surface area contributed by atoms with Crippen LogP contribution in [0.4, 0.5) is 11.4 Å². The van der Waals surface area contributed by atoms with Gasteiger partial charge in [-0.15, -0.1) is 48.1 Å². The first-order valence-corrected chi connectivity index (χ1v) is 14.1. The van der Waals surface area contributed by atoms with Gasteiger partial charge in [-0.2, -0.15) is 12.1 Å². The summed E-state index contributed by atoms with van der Waals surface area (Å²) in [5, 5.41) is 2.26. The van der Waals surface area contributed by atoms with Crippen molar-refractivity contribution in [2.45, 2.75) is 33.1 Å². The fourth-order valence-electron chi connectivity index (χ4n) is 5.44. The monoisotopic (exact) mass is 742 g/mol. The fraction of sp³-hybridized carbons (Fsp3) is 0.135. The summed E-state index contributed by atoms with van der Waals surface area (Å²) < 4.78 is 8.54. The van der Waals surface area contributed by atoms with Crippen molar-refractivity contribution in [3.05, 3.63) is 140 Å². The Hall–Kier alpha value is -4.34. The molecule has 1 aliphatic rings. The first-order chi connectivity index (χ1) is 20.3. The molecule has 0 N–H and O–H groups in total. The van der Waals surface area contributed by atoms with E-state index in [0.29, 0.717) is 11.5 Å². The number of hydrogen-bond acceptors (Lipinski definition) is 4. The number of para-hydroxylation sites is 2. The smallest absolute Gasteiger partial charge is 0.135 e. The molecular formula is C37H31N4OPt-3. The second-order valence-corrected chi connectivity index (χ2v) is 11.6. The molecule has 3 heterocycles. The minimum atomic E-state index is 0. The third-order valence-corrected chi connectivity index (χ3v) is 7.68. The maximum absolute atomic E-state index is 6.36. The van der Waals surface area contributed by atoms with Gasteiger partial charge in [-0.25, -0.2) is 4.98 Å². The average Bonchev–Trinajstić information content (AvgIpc) is 3.60. The molecule has 6 aromatic rings. The number of benzene rings is 4. The molecule has 7 rings (SSSR count). The van der Waals surface area contributed by atoms with Gasteiger partial charge in [-0.1, -0.05) is 62.7 Å². The zero-order chi connectivity index (χ0) is 28.8. The van der Waals surface area contributed by atoms with Gasteiger partial charge < -0.3 is 19.1 Å². The number of aromatic nitrogens is 2. The minimum absolute atomic E-state index is 0. The van der Waals surface area contributed by atoms with Crippen molar-refractivity contribution in [1.29, 1.82) is 0 Å². The summed E-state index contributed by atoms with van der Waals surface area (Å²) in [5.41, 5.74) is 6.49. The normalized spacial score (nSPS) is 13.1. The van der Waals surface area contributed by atoms with Crippen LogP contribution in [0.2, 0.25) is 0 Å². The molecule has 0 bridgehead atoms. The van der Waals surface area contributed by atoms with E-state index >= 15 is 0 Å². The predicted octanol–water partition coefficient (Wildman–Crippen LogP) is 9.09. The minimum Gasteiger partial charge on any atom is -0.509 e. The second kappa shape index (κ2) is 11.4. The number of pyridine rings is 1. The molecule has 0 radical (unpaired) electrons. The first kappa shape index (κ1) is 28.8. The van der Waals surface area contributed by atoms with Gasteiger partial charge in [0.25, 0.3) is 0 Å².